The summed E-state index contributed by atoms with van der Waals surface area (Å²) in [6.07, 6.45) is 1.74. The molecule has 0 aromatic heterocycles. The number of benzene rings is 3. The lowest BCUT2D eigenvalue weighted by Crippen LogP contribution is -2.39. The summed E-state index contributed by atoms with van der Waals surface area (Å²) in [5.74, 6) is 0.0535. The van der Waals surface area contributed by atoms with Crippen molar-refractivity contribution < 1.29 is 4.79 Å². The van der Waals surface area contributed by atoms with Gasteiger partial charge in [0.05, 0.1) is 5.71 Å². The second-order valence-electron chi connectivity index (χ2n) is 7.91. The molecule has 30 heavy (non-hydrogen) atoms. The summed E-state index contributed by atoms with van der Waals surface area (Å²) in [6, 6.07) is 22.9. The number of rotatable bonds is 5. The van der Waals surface area contributed by atoms with Crippen molar-refractivity contribution in [1.29, 1.82) is 0 Å². The summed E-state index contributed by atoms with van der Waals surface area (Å²) in [5, 5.41) is 6.75. The second-order valence-corrected chi connectivity index (χ2v) is 8.83. The van der Waals surface area contributed by atoms with Crippen LogP contribution in [0.2, 0.25) is 0 Å². The zero-order valence-electron chi connectivity index (χ0n) is 17.1. The summed E-state index contributed by atoms with van der Waals surface area (Å²) in [5.41, 5.74) is 5.94. The maximum atomic E-state index is 12.6. The minimum atomic E-state index is 0.0263. The fourth-order valence-electron chi connectivity index (χ4n) is 3.91. The van der Waals surface area contributed by atoms with Crippen molar-refractivity contribution in [1.82, 2.24) is 10.3 Å². The molecule has 3 aromatic rings. The molecule has 4 nitrogen and oxygen atoms in total. The molecule has 1 aliphatic heterocycles. The summed E-state index contributed by atoms with van der Waals surface area (Å²) in [7, 11) is 0. The van der Waals surface area contributed by atoms with Crippen molar-refractivity contribution in [2.75, 3.05) is 13.1 Å². The predicted octanol–water partition coefficient (Wildman–Crippen LogP) is 5.35. The van der Waals surface area contributed by atoms with Crippen LogP contribution in [-0.4, -0.2) is 29.6 Å². The van der Waals surface area contributed by atoms with E-state index in [0.717, 1.165) is 48.2 Å². The molecule has 5 heteroatoms. The Kier molecular flexibility index (Phi) is 6.60. The smallest absolute Gasteiger partial charge is 0.243 e. The van der Waals surface area contributed by atoms with Crippen LogP contribution in [0.4, 0.5) is 0 Å². The molecule has 0 unspecified atom stereocenters. The standard InChI is InChI=1S/C25H26BrN3O/c1-18(22-9-8-20-4-2-3-5-23(20)16-22)27-28-25(30)21-12-14-29(15-13-21)17-19-6-10-24(26)11-7-19/h2-11,16,21H,12-15,17H2,1H3,(H,28,30). The van der Waals surface area contributed by atoms with Crippen LogP contribution in [0.15, 0.2) is 76.3 Å². The average molecular weight is 464 g/mol. The topological polar surface area (TPSA) is 44.7 Å². The molecule has 0 aliphatic carbocycles. The monoisotopic (exact) mass is 463 g/mol. The quantitative estimate of drug-likeness (QED) is 0.409. The number of amides is 1. The summed E-state index contributed by atoms with van der Waals surface area (Å²) < 4.78 is 1.10. The molecule has 0 radical (unpaired) electrons. The first-order chi connectivity index (χ1) is 14.6. The van der Waals surface area contributed by atoms with Gasteiger partial charge in [0.1, 0.15) is 0 Å². The van der Waals surface area contributed by atoms with E-state index in [9.17, 15) is 4.79 Å². The number of nitrogens with zero attached hydrogens (tertiary/aromatic N) is 2. The molecular weight excluding hydrogens is 438 g/mol. The first-order valence-corrected chi connectivity index (χ1v) is 11.2. The van der Waals surface area contributed by atoms with Crippen molar-refractivity contribution in [3.8, 4) is 0 Å². The van der Waals surface area contributed by atoms with Crippen LogP contribution in [0.25, 0.3) is 10.8 Å². The molecule has 3 aromatic carbocycles. The Bertz CT molecular complexity index is 1050. The van der Waals surface area contributed by atoms with Crippen LogP contribution in [0.1, 0.15) is 30.9 Å². The Morgan fingerprint density at radius 3 is 2.47 bits per heavy atom. The Morgan fingerprint density at radius 1 is 1.03 bits per heavy atom. The summed E-state index contributed by atoms with van der Waals surface area (Å²) in [6.45, 7) is 4.73. The maximum Gasteiger partial charge on any atom is 0.243 e. The molecule has 0 saturated carbocycles. The first kappa shape index (κ1) is 20.8. The molecule has 1 heterocycles. The first-order valence-electron chi connectivity index (χ1n) is 10.4. The van der Waals surface area contributed by atoms with Gasteiger partial charge in [-0.15, -0.1) is 0 Å². The van der Waals surface area contributed by atoms with E-state index in [1.54, 1.807) is 0 Å². The number of likely N-dealkylation sites (tertiary alicyclic amines) is 1. The molecule has 1 N–H and O–H groups in total. The molecule has 1 aliphatic rings. The third kappa shape index (κ3) is 5.15. The van der Waals surface area contributed by atoms with Crippen molar-refractivity contribution in [3.63, 3.8) is 0 Å². The number of halogens is 1. The summed E-state index contributed by atoms with van der Waals surface area (Å²) >= 11 is 3.48. The molecule has 0 spiro atoms. The SMILES string of the molecule is CC(=NNC(=O)C1CCN(Cc2ccc(Br)cc2)CC1)c1ccc2ccccc2c1. The van der Waals surface area contributed by atoms with Crippen LogP contribution in [0.3, 0.4) is 0 Å². The van der Waals surface area contributed by atoms with Crippen LogP contribution in [0.5, 0.6) is 0 Å². The molecular formula is C25H26BrN3O. The average Bonchev–Trinajstić information content (AvgIpc) is 2.79. The highest BCUT2D eigenvalue weighted by Gasteiger charge is 2.24. The zero-order valence-corrected chi connectivity index (χ0v) is 18.7. The lowest BCUT2D eigenvalue weighted by molar-refractivity contribution is -0.126. The van der Waals surface area contributed by atoms with Crippen LogP contribution < -0.4 is 5.43 Å². The van der Waals surface area contributed by atoms with Gasteiger partial charge in [-0.1, -0.05) is 64.5 Å². The van der Waals surface area contributed by atoms with Crippen LogP contribution >= 0.6 is 15.9 Å². The van der Waals surface area contributed by atoms with E-state index >= 15 is 0 Å². The largest absolute Gasteiger partial charge is 0.299 e. The fourth-order valence-corrected chi connectivity index (χ4v) is 4.17. The Hall–Kier alpha value is -2.50. The molecule has 1 amide bonds. The van der Waals surface area contributed by atoms with Gasteiger partial charge in [0.15, 0.2) is 0 Å². The van der Waals surface area contributed by atoms with Gasteiger partial charge in [-0.3, -0.25) is 9.69 Å². The van der Waals surface area contributed by atoms with Crippen molar-refractivity contribution in [2.45, 2.75) is 26.3 Å². The third-order valence-corrected chi connectivity index (χ3v) is 6.31. The van der Waals surface area contributed by atoms with Crippen LogP contribution in [-0.2, 0) is 11.3 Å². The van der Waals surface area contributed by atoms with Gasteiger partial charge in [0.2, 0.25) is 5.91 Å². The highest BCUT2D eigenvalue weighted by atomic mass is 79.9. The van der Waals surface area contributed by atoms with Gasteiger partial charge in [-0.25, -0.2) is 5.43 Å². The van der Waals surface area contributed by atoms with Gasteiger partial charge >= 0.3 is 0 Å². The highest BCUT2D eigenvalue weighted by Crippen LogP contribution is 2.20. The number of piperidine rings is 1. The Balaban J connectivity index is 1.30. The van der Waals surface area contributed by atoms with E-state index in [4.69, 9.17) is 0 Å². The van der Waals surface area contributed by atoms with E-state index in [1.807, 2.05) is 25.1 Å². The minimum Gasteiger partial charge on any atom is -0.299 e. The second kappa shape index (κ2) is 9.54. The number of carbonyl (C=O) groups is 1. The van der Waals surface area contributed by atoms with E-state index in [2.05, 4.69) is 79.9 Å². The third-order valence-electron chi connectivity index (χ3n) is 5.78. The number of hydrogen-bond donors (Lipinski definition) is 1. The molecule has 4 rings (SSSR count). The number of fused-ring (bicyclic) bond motifs is 1. The maximum absolute atomic E-state index is 12.6. The van der Waals surface area contributed by atoms with E-state index in [-0.39, 0.29) is 11.8 Å². The van der Waals surface area contributed by atoms with E-state index < -0.39 is 0 Å². The lowest BCUT2D eigenvalue weighted by atomic mass is 9.96. The Labute approximate surface area is 186 Å². The number of hydrazone groups is 1. The van der Waals surface area contributed by atoms with E-state index in [1.165, 1.54) is 16.3 Å². The summed E-state index contributed by atoms with van der Waals surface area (Å²) in [4.78, 5) is 15.0. The van der Waals surface area contributed by atoms with Gasteiger partial charge in [0, 0.05) is 16.9 Å². The lowest BCUT2D eigenvalue weighted by Gasteiger charge is -2.30. The van der Waals surface area contributed by atoms with Crippen molar-refractivity contribution >= 4 is 38.3 Å². The van der Waals surface area contributed by atoms with Gasteiger partial charge < -0.3 is 0 Å². The normalized spacial score (nSPS) is 16.0. The van der Waals surface area contributed by atoms with Gasteiger partial charge in [-0.05, 0) is 73.0 Å². The number of nitrogens with one attached hydrogen (secondary N) is 1. The highest BCUT2D eigenvalue weighted by molar-refractivity contribution is 9.10. The molecule has 154 valence electrons. The van der Waals surface area contributed by atoms with Gasteiger partial charge in [0.25, 0.3) is 0 Å². The Morgan fingerprint density at radius 2 is 1.73 bits per heavy atom. The number of carbonyl (C=O) groups excluding carboxylic acids is 1. The van der Waals surface area contributed by atoms with E-state index in [0.29, 0.717) is 0 Å². The molecule has 1 fully saturated rings. The zero-order chi connectivity index (χ0) is 20.9. The van der Waals surface area contributed by atoms with Crippen LogP contribution in [0, 0.1) is 5.92 Å². The molecule has 0 bridgehead atoms. The molecule has 1 saturated heterocycles. The predicted molar refractivity (Wildman–Crippen MR) is 126 cm³/mol. The number of hydrogen-bond acceptors (Lipinski definition) is 3. The fraction of sp³-hybridized carbons (Fsp3) is 0.280. The van der Waals surface area contributed by atoms with Crippen molar-refractivity contribution in [3.05, 3.63) is 82.3 Å². The van der Waals surface area contributed by atoms with Gasteiger partial charge in [-0.2, -0.15) is 5.10 Å². The van der Waals surface area contributed by atoms with Crippen molar-refractivity contribution in [2.24, 2.45) is 11.0 Å². The minimum absolute atomic E-state index is 0.0263. The molecule has 0 atom stereocenters.